The van der Waals surface area contributed by atoms with Gasteiger partial charge in [0.15, 0.2) is 15.0 Å². The Hall–Kier alpha value is -2.17. The van der Waals surface area contributed by atoms with Crippen LogP contribution in [0.2, 0.25) is 0 Å². The first-order chi connectivity index (χ1) is 14.3. The largest absolute Gasteiger partial charge is 0.384 e. The summed E-state index contributed by atoms with van der Waals surface area (Å²) in [6.07, 6.45) is -0.00608. The Labute approximate surface area is 177 Å². The highest BCUT2D eigenvalue weighted by atomic mass is 32.2. The van der Waals surface area contributed by atoms with E-state index in [2.05, 4.69) is 10.3 Å². The van der Waals surface area contributed by atoms with Crippen LogP contribution in [0.4, 0.5) is 13.9 Å². The Kier molecular flexibility index (Phi) is 7.32. The topological polar surface area (TPSA) is 85.4 Å². The Morgan fingerprint density at radius 2 is 1.93 bits per heavy atom. The zero-order valence-corrected chi connectivity index (χ0v) is 17.9. The van der Waals surface area contributed by atoms with Crippen molar-refractivity contribution in [2.45, 2.75) is 30.1 Å². The van der Waals surface area contributed by atoms with Crippen molar-refractivity contribution in [1.82, 2.24) is 4.98 Å². The first-order valence-corrected chi connectivity index (χ1v) is 11.9. The second-order valence-electron chi connectivity index (χ2n) is 6.97. The third-order valence-corrected chi connectivity index (χ3v) is 7.21. The van der Waals surface area contributed by atoms with E-state index in [0.717, 1.165) is 0 Å². The molecule has 1 saturated carbocycles. The maximum Gasteiger partial charge on any atom is 0.257 e. The standard InChI is InChI=1S/C20H22F2N2O4S2/c1-28-7-9-30(26,27)15-4-2-14(3-5-15)16(10-13-11-17(21)18(22)12-13)19(25)24-20-23-6-8-29-20/h2-6,8,10,13,17-18H,7,9,11-12H2,1H3,(H,23,24,25)/t13?,17-,18+. The number of carbonyl (C=O) groups excluding carboxylic acids is 1. The number of allylic oxidation sites excluding steroid dienone is 1. The number of benzene rings is 1. The van der Waals surface area contributed by atoms with Crippen LogP contribution in [0.3, 0.4) is 0 Å². The first-order valence-electron chi connectivity index (χ1n) is 9.33. The number of ether oxygens (including phenoxy) is 1. The second kappa shape index (κ2) is 9.76. The van der Waals surface area contributed by atoms with Gasteiger partial charge in [-0.2, -0.15) is 0 Å². The van der Waals surface area contributed by atoms with Gasteiger partial charge in [-0.15, -0.1) is 11.3 Å². The molecular formula is C20H22F2N2O4S2. The van der Waals surface area contributed by atoms with E-state index < -0.39 is 34.0 Å². The second-order valence-corrected chi connectivity index (χ2v) is 9.97. The number of carbonyl (C=O) groups is 1. The highest BCUT2D eigenvalue weighted by molar-refractivity contribution is 7.91. The lowest BCUT2D eigenvalue weighted by molar-refractivity contribution is -0.111. The minimum Gasteiger partial charge on any atom is -0.384 e. The lowest BCUT2D eigenvalue weighted by Crippen LogP contribution is -2.15. The number of nitrogens with zero attached hydrogens (tertiary/aromatic N) is 1. The lowest BCUT2D eigenvalue weighted by atomic mass is 9.98. The van der Waals surface area contributed by atoms with Crippen molar-refractivity contribution in [2.75, 3.05) is 24.8 Å². The number of methoxy groups -OCH3 is 1. The molecule has 30 heavy (non-hydrogen) atoms. The minimum absolute atomic E-state index is 0.00131. The molecule has 1 N–H and O–H groups in total. The fraction of sp³-hybridized carbons (Fsp3) is 0.400. The van der Waals surface area contributed by atoms with Gasteiger partial charge in [0.2, 0.25) is 0 Å². The summed E-state index contributed by atoms with van der Waals surface area (Å²) in [5.74, 6) is -1.07. The molecule has 3 atom stereocenters. The van der Waals surface area contributed by atoms with Crippen molar-refractivity contribution in [2.24, 2.45) is 5.92 Å². The van der Waals surface area contributed by atoms with Crippen LogP contribution in [-0.4, -0.2) is 51.1 Å². The highest BCUT2D eigenvalue weighted by Crippen LogP contribution is 2.34. The van der Waals surface area contributed by atoms with Crippen molar-refractivity contribution in [3.05, 3.63) is 47.5 Å². The summed E-state index contributed by atoms with van der Waals surface area (Å²) < 4.78 is 56.7. The van der Waals surface area contributed by atoms with Crippen LogP contribution in [0.1, 0.15) is 18.4 Å². The molecule has 1 heterocycles. The van der Waals surface area contributed by atoms with Crippen molar-refractivity contribution < 1.29 is 26.7 Å². The molecule has 1 aromatic heterocycles. The van der Waals surface area contributed by atoms with E-state index in [-0.39, 0.29) is 35.7 Å². The highest BCUT2D eigenvalue weighted by Gasteiger charge is 2.34. The SMILES string of the molecule is COCCS(=O)(=O)c1ccc(C(=CC2C[C@@H](F)[C@@H](F)C2)C(=O)Nc2nccs2)cc1. The molecule has 0 spiro atoms. The van der Waals surface area contributed by atoms with Gasteiger partial charge >= 0.3 is 0 Å². The molecule has 1 aromatic carbocycles. The molecule has 1 aliphatic rings. The van der Waals surface area contributed by atoms with Crippen LogP contribution in [0, 0.1) is 5.92 Å². The van der Waals surface area contributed by atoms with E-state index in [9.17, 15) is 22.0 Å². The first kappa shape index (κ1) is 22.5. The Morgan fingerprint density at radius 3 is 2.50 bits per heavy atom. The maximum atomic E-state index is 13.6. The van der Waals surface area contributed by atoms with E-state index in [1.165, 1.54) is 42.7 Å². The Morgan fingerprint density at radius 1 is 1.27 bits per heavy atom. The van der Waals surface area contributed by atoms with E-state index in [0.29, 0.717) is 10.7 Å². The average molecular weight is 457 g/mol. The van der Waals surface area contributed by atoms with Crippen LogP contribution in [0.5, 0.6) is 0 Å². The number of hydrogen-bond donors (Lipinski definition) is 1. The van der Waals surface area contributed by atoms with Gasteiger partial charge in [-0.1, -0.05) is 18.2 Å². The molecular weight excluding hydrogens is 434 g/mol. The summed E-state index contributed by atoms with van der Waals surface area (Å²) in [5.41, 5.74) is 0.671. The van der Waals surface area contributed by atoms with Crippen LogP contribution in [0.25, 0.3) is 5.57 Å². The molecule has 3 rings (SSSR count). The summed E-state index contributed by atoms with van der Waals surface area (Å²) in [5, 5.41) is 4.76. The quantitative estimate of drug-likeness (QED) is 0.613. The molecule has 0 aliphatic heterocycles. The molecule has 0 saturated heterocycles. The number of sulfone groups is 1. The maximum absolute atomic E-state index is 13.6. The number of anilines is 1. The fourth-order valence-corrected chi connectivity index (χ4v) is 4.94. The van der Waals surface area contributed by atoms with Crippen molar-refractivity contribution >= 4 is 37.8 Å². The van der Waals surface area contributed by atoms with Gasteiger partial charge in [-0.25, -0.2) is 22.2 Å². The van der Waals surface area contributed by atoms with Crippen LogP contribution in [-0.2, 0) is 19.4 Å². The zero-order valence-electron chi connectivity index (χ0n) is 16.3. The average Bonchev–Trinajstić information content (AvgIpc) is 3.34. The molecule has 0 bridgehead atoms. The van der Waals surface area contributed by atoms with Gasteiger partial charge in [0.25, 0.3) is 5.91 Å². The molecule has 6 nitrogen and oxygen atoms in total. The summed E-state index contributed by atoms with van der Waals surface area (Å²) in [7, 11) is -2.10. The Bertz CT molecular complexity index is 982. The molecule has 1 aliphatic carbocycles. The zero-order chi connectivity index (χ0) is 21.7. The number of aromatic nitrogens is 1. The monoisotopic (exact) mass is 456 g/mol. The van der Waals surface area contributed by atoms with Gasteiger partial charge in [0.05, 0.1) is 17.3 Å². The van der Waals surface area contributed by atoms with Gasteiger partial charge in [-0.05, 0) is 36.5 Å². The van der Waals surface area contributed by atoms with Crippen LogP contribution in [0.15, 0.2) is 46.8 Å². The molecule has 1 amide bonds. The number of rotatable bonds is 8. The Balaban J connectivity index is 1.88. The summed E-state index contributed by atoms with van der Waals surface area (Å²) >= 11 is 1.24. The van der Waals surface area contributed by atoms with Crippen molar-refractivity contribution in [3.8, 4) is 0 Å². The number of thiazole rings is 1. The van der Waals surface area contributed by atoms with E-state index in [4.69, 9.17) is 4.74 Å². The molecule has 1 fully saturated rings. The fourth-order valence-electron chi connectivity index (χ4n) is 3.25. The lowest BCUT2D eigenvalue weighted by Gasteiger charge is -2.12. The van der Waals surface area contributed by atoms with Crippen molar-refractivity contribution in [1.29, 1.82) is 0 Å². The summed E-state index contributed by atoms with van der Waals surface area (Å²) in [6, 6.07) is 5.86. The molecule has 10 heteroatoms. The van der Waals surface area contributed by atoms with Gasteiger partial charge in [0.1, 0.15) is 12.3 Å². The van der Waals surface area contributed by atoms with E-state index >= 15 is 0 Å². The van der Waals surface area contributed by atoms with Crippen molar-refractivity contribution in [3.63, 3.8) is 0 Å². The predicted molar refractivity (Wildman–Crippen MR) is 112 cm³/mol. The van der Waals surface area contributed by atoms with Crippen LogP contribution >= 0.6 is 11.3 Å². The normalized spacial score (nSPS) is 22.2. The number of halogens is 2. The number of nitrogens with one attached hydrogen (secondary N) is 1. The van der Waals surface area contributed by atoms with Gasteiger partial charge in [0, 0.05) is 24.3 Å². The number of hydrogen-bond acceptors (Lipinski definition) is 6. The third kappa shape index (κ3) is 5.50. The molecule has 0 radical (unpaired) electrons. The summed E-state index contributed by atoms with van der Waals surface area (Å²) in [4.78, 5) is 17.0. The summed E-state index contributed by atoms with van der Waals surface area (Å²) in [6.45, 7) is 0.0714. The number of alkyl halides is 2. The van der Waals surface area contributed by atoms with Gasteiger partial charge < -0.3 is 4.74 Å². The predicted octanol–water partition coefficient (Wildman–Crippen LogP) is 3.67. The molecule has 2 aromatic rings. The molecule has 162 valence electrons. The third-order valence-electron chi connectivity index (χ3n) is 4.83. The van der Waals surface area contributed by atoms with Crippen LogP contribution < -0.4 is 5.32 Å². The van der Waals surface area contributed by atoms with E-state index in [1.807, 2.05) is 0 Å². The van der Waals surface area contributed by atoms with E-state index in [1.54, 1.807) is 17.7 Å². The van der Waals surface area contributed by atoms with Gasteiger partial charge in [-0.3, -0.25) is 10.1 Å². The number of amides is 1. The minimum atomic E-state index is -3.52. The smallest absolute Gasteiger partial charge is 0.257 e. The molecule has 1 unspecified atom stereocenters.